The number of benzene rings is 2. The van der Waals surface area contributed by atoms with E-state index in [0.29, 0.717) is 27.7 Å². The van der Waals surface area contributed by atoms with E-state index in [2.05, 4.69) is 16.0 Å². The molecule has 1 aliphatic rings. The van der Waals surface area contributed by atoms with Crippen LogP contribution in [0.5, 0.6) is 5.75 Å². The van der Waals surface area contributed by atoms with Gasteiger partial charge in [-0.25, -0.2) is 0 Å². The molecule has 2 aromatic rings. The molecule has 140 valence electrons. The number of carbonyl (C=O) groups is 3. The SMILES string of the molecule is C[C@@H]1Oc2ccc(NC(=O)CCNC(=O)c3ccccc3Cl)cc2NC1=O. The minimum atomic E-state index is -0.556. The van der Waals surface area contributed by atoms with Crippen LogP contribution in [-0.4, -0.2) is 30.4 Å². The normalized spacial score (nSPS) is 15.2. The number of rotatable bonds is 5. The molecule has 1 aliphatic heterocycles. The molecule has 0 unspecified atom stereocenters. The topological polar surface area (TPSA) is 96.5 Å². The van der Waals surface area contributed by atoms with Crippen molar-refractivity contribution in [3.63, 3.8) is 0 Å². The molecule has 3 amide bonds. The van der Waals surface area contributed by atoms with Gasteiger partial charge >= 0.3 is 0 Å². The van der Waals surface area contributed by atoms with E-state index in [1.54, 1.807) is 49.4 Å². The number of anilines is 2. The Morgan fingerprint density at radius 2 is 2.00 bits per heavy atom. The Kier molecular flexibility index (Phi) is 5.61. The van der Waals surface area contributed by atoms with Crippen molar-refractivity contribution < 1.29 is 19.1 Å². The highest BCUT2D eigenvalue weighted by Gasteiger charge is 2.23. The van der Waals surface area contributed by atoms with E-state index >= 15 is 0 Å². The average molecular weight is 388 g/mol. The van der Waals surface area contributed by atoms with Crippen molar-refractivity contribution in [2.24, 2.45) is 0 Å². The zero-order valence-electron chi connectivity index (χ0n) is 14.5. The van der Waals surface area contributed by atoms with Gasteiger partial charge in [-0.05, 0) is 37.3 Å². The minimum absolute atomic E-state index is 0.0904. The Morgan fingerprint density at radius 1 is 1.22 bits per heavy atom. The van der Waals surface area contributed by atoms with Gasteiger partial charge in [0.25, 0.3) is 11.8 Å². The van der Waals surface area contributed by atoms with Crippen LogP contribution in [-0.2, 0) is 9.59 Å². The number of hydrogen-bond donors (Lipinski definition) is 3. The van der Waals surface area contributed by atoms with Gasteiger partial charge in [-0.15, -0.1) is 0 Å². The summed E-state index contributed by atoms with van der Waals surface area (Å²) in [6.07, 6.45) is -0.465. The lowest BCUT2D eigenvalue weighted by atomic mass is 10.2. The summed E-state index contributed by atoms with van der Waals surface area (Å²) in [4.78, 5) is 35.8. The molecular formula is C19H18ClN3O4. The Bertz CT molecular complexity index is 900. The molecule has 1 atom stereocenters. The van der Waals surface area contributed by atoms with Gasteiger partial charge in [-0.2, -0.15) is 0 Å². The summed E-state index contributed by atoms with van der Waals surface area (Å²) in [6.45, 7) is 1.82. The molecule has 1 heterocycles. The number of ether oxygens (including phenoxy) is 1. The largest absolute Gasteiger partial charge is 0.479 e. The molecular weight excluding hydrogens is 370 g/mol. The van der Waals surface area contributed by atoms with Gasteiger partial charge in [0.1, 0.15) is 5.75 Å². The first kappa shape index (κ1) is 18.7. The third-order valence-electron chi connectivity index (χ3n) is 3.95. The predicted octanol–water partition coefficient (Wildman–Crippen LogP) is 2.82. The number of amides is 3. The highest BCUT2D eigenvalue weighted by Crippen LogP contribution is 2.32. The molecule has 0 saturated carbocycles. The lowest BCUT2D eigenvalue weighted by Crippen LogP contribution is -2.34. The zero-order valence-corrected chi connectivity index (χ0v) is 15.3. The third-order valence-corrected chi connectivity index (χ3v) is 4.28. The molecule has 3 N–H and O–H groups in total. The first-order valence-electron chi connectivity index (χ1n) is 8.38. The number of hydrogen-bond acceptors (Lipinski definition) is 4. The number of halogens is 1. The molecule has 3 rings (SSSR count). The van der Waals surface area contributed by atoms with Crippen molar-refractivity contribution in [1.29, 1.82) is 0 Å². The van der Waals surface area contributed by atoms with Crippen molar-refractivity contribution in [1.82, 2.24) is 5.32 Å². The van der Waals surface area contributed by atoms with E-state index in [1.165, 1.54) is 0 Å². The smallest absolute Gasteiger partial charge is 0.265 e. The Hall–Kier alpha value is -3.06. The molecule has 7 nitrogen and oxygen atoms in total. The second-order valence-corrected chi connectivity index (χ2v) is 6.40. The van der Waals surface area contributed by atoms with Crippen LogP contribution in [0, 0.1) is 0 Å². The fraction of sp³-hybridized carbons (Fsp3) is 0.211. The van der Waals surface area contributed by atoms with Gasteiger partial charge in [0.2, 0.25) is 5.91 Å². The number of fused-ring (bicyclic) bond motifs is 1. The van der Waals surface area contributed by atoms with Crippen LogP contribution < -0.4 is 20.7 Å². The molecule has 0 radical (unpaired) electrons. The van der Waals surface area contributed by atoms with Crippen LogP contribution >= 0.6 is 11.6 Å². The standard InChI is InChI=1S/C19H18ClN3O4/c1-11-18(25)23-15-10-12(6-7-16(15)27-11)22-17(24)8-9-21-19(26)13-4-2-3-5-14(13)20/h2-7,10-11H,8-9H2,1H3,(H,21,26)(H,22,24)(H,23,25)/t11-/m0/s1. The van der Waals surface area contributed by atoms with Gasteiger partial charge in [0.05, 0.1) is 16.3 Å². The molecule has 0 bridgehead atoms. The monoisotopic (exact) mass is 387 g/mol. The minimum Gasteiger partial charge on any atom is -0.479 e. The van der Waals surface area contributed by atoms with E-state index in [-0.39, 0.29) is 30.7 Å². The molecule has 0 spiro atoms. The first-order valence-corrected chi connectivity index (χ1v) is 8.76. The van der Waals surface area contributed by atoms with Gasteiger partial charge in [-0.3, -0.25) is 14.4 Å². The maximum atomic E-state index is 12.1. The quantitative estimate of drug-likeness (QED) is 0.735. The Balaban J connectivity index is 1.51. The summed E-state index contributed by atoms with van der Waals surface area (Å²) in [6, 6.07) is 11.7. The fourth-order valence-electron chi connectivity index (χ4n) is 2.54. The Labute approximate surface area is 161 Å². The third kappa shape index (κ3) is 4.57. The molecule has 8 heteroatoms. The lowest BCUT2D eigenvalue weighted by Gasteiger charge is -2.23. The molecule has 0 fully saturated rings. The van der Waals surface area contributed by atoms with Crippen LogP contribution in [0.2, 0.25) is 5.02 Å². The highest BCUT2D eigenvalue weighted by molar-refractivity contribution is 6.33. The summed E-state index contributed by atoms with van der Waals surface area (Å²) in [5, 5.41) is 8.45. The van der Waals surface area contributed by atoms with Gasteiger partial charge < -0.3 is 20.7 Å². The summed E-state index contributed by atoms with van der Waals surface area (Å²) in [5.41, 5.74) is 1.39. The van der Waals surface area contributed by atoms with Crippen LogP contribution in [0.25, 0.3) is 0 Å². The van der Waals surface area contributed by atoms with Crippen molar-refractivity contribution in [2.45, 2.75) is 19.4 Å². The average Bonchev–Trinajstić information content (AvgIpc) is 2.63. The fourth-order valence-corrected chi connectivity index (χ4v) is 2.76. The summed E-state index contributed by atoms with van der Waals surface area (Å²) in [7, 11) is 0. The molecule has 2 aromatic carbocycles. The van der Waals surface area contributed by atoms with Crippen LogP contribution in [0.4, 0.5) is 11.4 Å². The molecule has 0 aliphatic carbocycles. The second-order valence-electron chi connectivity index (χ2n) is 5.99. The van der Waals surface area contributed by atoms with Crippen LogP contribution in [0.15, 0.2) is 42.5 Å². The van der Waals surface area contributed by atoms with E-state index in [4.69, 9.17) is 16.3 Å². The summed E-state index contributed by atoms with van der Waals surface area (Å²) >= 11 is 5.96. The van der Waals surface area contributed by atoms with Gasteiger partial charge in [-0.1, -0.05) is 23.7 Å². The summed E-state index contributed by atoms with van der Waals surface area (Å²) in [5.74, 6) is -0.303. The van der Waals surface area contributed by atoms with Crippen molar-refractivity contribution in [3.8, 4) is 5.75 Å². The number of carbonyl (C=O) groups excluding carboxylic acids is 3. The van der Waals surface area contributed by atoms with Crippen molar-refractivity contribution in [2.75, 3.05) is 17.2 Å². The van der Waals surface area contributed by atoms with Crippen molar-refractivity contribution >= 4 is 40.7 Å². The maximum absolute atomic E-state index is 12.1. The van der Waals surface area contributed by atoms with Crippen LogP contribution in [0.3, 0.4) is 0 Å². The predicted molar refractivity (Wildman–Crippen MR) is 102 cm³/mol. The molecule has 0 aromatic heterocycles. The van der Waals surface area contributed by atoms with E-state index in [1.807, 2.05) is 0 Å². The molecule has 0 saturated heterocycles. The Morgan fingerprint density at radius 3 is 2.78 bits per heavy atom. The zero-order chi connectivity index (χ0) is 19.4. The van der Waals surface area contributed by atoms with E-state index in [0.717, 1.165) is 0 Å². The van der Waals surface area contributed by atoms with Crippen LogP contribution in [0.1, 0.15) is 23.7 Å². The van der Waals surface area contributed by atoms with Gasteiger partial charge in [0, 0.05) is 18.7 Å². The lowest BCUT2D eigenvalue weighted by molar-refractivity contribution is -0.122. The van der Waals surface area contributed by atoms with Gasteiger partial charge in [0.15, 0.2) is 6.10 Å². The number of nitrogens with one attached hydrogen (secondary N) is 3. The maximum Gasteiger partial charge on any atom is 0.265 e. The first-order chi connectivity index (χ1) is 12.9. The van der Waals surface area contributed by atoms with E-state index in [9.17, 15) is 14.4 Å². The summed E-state index contributed by atoms with van der Waals surface area (Å²) < 4.78 is 5.46. The van der Waals surface area contributed by atoms with Crippen molar-refractivity contribution in [3.05, 3.63) is 53.1 Å². The second kappa shape index (κ2) is 8.09. The molecule has 27 heavy (non-hydrogen) atoms. The highest BCUT2D eigenvalue weighted by atomic mass is 35.5. The van der Waals surface area contributed by atoms with E-state index < -0.39 is 6.10 Å².